The largest absolute Gasteiger partial charge is 0.456 e. The first-order chi connectivity index (χ1) is 19.2. The van der Waals surface area contributed by atoms with Crippen molar-refractivity contribution in [1.29, 1.82) is 0 Å². The summed E-state index contributed by atoms with van der Waals surface area (Å²) in [5.41, 5.74) is 6.63. The molecule has 3 heterocycles. The zero-order valence-electron chi connectivity index (χ0n) is 22.2. The van der Waals surface area contributed by atoms with Crippen LogP contribution in [0.5, 0.6) is 0 Å². The van der Waals surface area contributed by atoms with Gasteiger partial charge in [-0.05, 0) is 30.4 Å². The quantitative estimate of drug-likeness (QED) is 0.381. The maximum atomic E-state index is 15.4. The van der Waals surface area contributed by atoms with Crippen LogP contribution in [-0.2, 0) is 19.1 Å². The van der Waals surface area contributed by atoms with Crippen molar-refractivity contribution in [1.82, 2.24) is 9.91 Å². The number of benzene rings is 2. The average Bonchev–Trinajstić information content (AvgIpc) is 3.44. The molecule has 5 atom stereocenters. The molecule has 2 saturated heterocycles. The van der Waals surface area contributed by atoms with E-state index in [1.807, 2.05) is 30.3 Å². The molecule has 0 spiro atoms. The Hall–Kier alpha value is -3.83. The summed E-state index contributed by atoms with van der Waals surface area (Å²) in [6, 6.07) is 11.2. The second-order valence-corrected chi connectivity index (χ2v) is 10.5. The van der Waals surface area contributed by atoms with Gasteiger partial charge in [0.25, 0.3) is 5.91 Å². The molecule has 0 radical (unpaired) electrons. The van der Waals surface area contributed by atoms with E-state index >= 15 is 4.39 Å². The number of fused-ring (bicyclic) bond motifs is 2. The number of piperazine rings is 1. The zero-order valence-corrected chi connectivity index (χ0v) is 22.2. The third kappa shape index (κ3) is 4.95. The van der Waals surface area contributed by atoms with Crippen molar-refractivity contribution in [3.05, 3.63) is 82.7 Å². The number of hydrogen-bond donors (Lipinski definition) is 2. The van der Waals surface area contributed by atoms with Crippen molar-refractivity contribution in [2.24, 2.45) is 16.8 Å². The van der Waals surface area contributed by atoms with E-state index in [0.29, 0.717) is 24.9 Å². The monoisotopic (exact) mass is 554 g/mol. The highest BCUT2D eigenvalue weighted by Crippen LogP contribution is 2.45. The highest BCUT2D eigenvalue weighted by molar-refractivity contribution is 5.96. The lowest BCUT2D eigenvalue weighted by atomic mass is 9.79. The fourth-order valence-electron chi connectivity index (χ4n) is 5.66. The van der Waals surface area contributed by atoms with E-state index in [2.05, 4.69) is 5.10 Å². The van der Waals surface area contributed by atoms with E-state index < -0.39 is 54.4 Å². The van der Waals surface area contributed by atoms with Crippen LogP contribution < -0.4 is 5.73 Å². The molecule has 2 aromatic carbocycles. The first-order valence-electron chi connectivity index (χ1n) is 13.3. The van der Waals surface area contributed by atoms with Gasteiger partial charge in [-0.15, -0.1) is 0 Å². The van der Waals surface area contributed by atoms with E-state index in [4.69, 9.17) is 15.2 Å². The van der Waals surface area contributed by atoms with Gasteiger partial charge in [0.2, 0.25) is 6.79 Å². The van der Waals surface area contributed by atoms with Gasteiger partial charge in [0.05, 0.1) is 18.3 Å². The topological polar surface area (TPSA) is 118 Å². The SMILES string of the molecule is CC(C)[C@H](N)C(=O)OCOC1=C2C(=O)N3CCC[C@@H]3[C@H]([C@H](c3ccccc3)c3cccc(F)c3F)N2N=CC1O. The first kappa shape index (κ1) is 27.7. The number of esters is 1. The maximum Gasteiger partial charge on any atom is 0.326 e. The highest BCUT2D eigenvalue weighted by Gasteiger charge is 2.53. The number of carbonyl (C=O) groups excluding carboxylic acids is 2. The van der Waals surface area contributed by atoms with Crippen LogP contribution in [0.3, 0.4) is 0 Å². The lowest BCUT2D eigenvalue weighted by Crippen LogP contribution is -2.60. The Bertz CT molecular complexity index is 1330. The third-order valence-corrected chi connectivity index (χ3v) is 7.73. The summed E-state index contributed by atoms with van der Waals surface area (Å²) in [6.07, 6.45) is 1.14. The molecule has 0 saturated carbocycles. The normalized spacial score (nSPS) is 23.7. The minimum atomic E-state index is -1.39. The van der Waals surface area contributed by atoms with Gasteiger partial charge < -0.3 is 25.2 Å². The van der Waals surface area contributed by atoms with Crippen LogP contribution in [0.25, 0.3) is 0 Å². The van der Waals surface area contributed by atoms with Crippen molar-refractivity contribution in [2.75, 3.05) is 13.3 Å². The lowest BCUT2D eigenvalue weighted by molar-refractivity contribution is -0.157. The van der Waals surface area contributed by atoms with Gasteiger partial charge >= 0.3 is 5.97 Å². The number of aliphatic hydroxyl groups excluding tert-OH is 1. The van der Waals surface area contributed by atoms with Crippen LogP contribution in [0, 0.1) is 17.6 Å². The van der Waals surface area contributed by atoms with Crippen LogP contribution >= 0.6 is 0 Å². The summed E-state index contributed by atoms with van der Waals surface area (Å²) in [5, 5.41) is 16.6. The number of amides is 1. The van der Waals surface area contributed by atoms with Crippen molar-refractivity contribution < 1.29 is 33.0 Å². The molecule has 11 heteroatoms. The minimum absolute atomic E-state index is 0.0416. The van der Waals surface area contributed by atoms with Gasteiger partial charge in [-0.25, -0.2) is 8.78 Å². The number of halogens is 2. The number of nitrogens with two attached hydrogens (primary N) is 1. The van der Waals surface area contributed by atoms with E-state index in [1.54, 1.807) is 18.7 Å². The first-order valence-corrected chi connectivity index (χ1v) is 13.3. The van der Waals surface area contributed by atoms with Gasteiger partial charge in [0, 0.05) is 18.0 Å². The summed E-state index contributed by atoms with van der Waals surface area (Å²) >= 11 is 0. The van der Waals surface area contributed by atoms with Crippen LogP contribution in [0.2, 0.25) is 0 Å². The zero-order chi connectivity index (χ0) is 28.6. The molecule has 5 rings (SSSR count). The molecule has 3 aliphatic heterocycles. The molecule has 1 unspecified atom stereocenters. The molecule has 3 N–H and O–H groups in total. The molecule has 212 valence electrons. The molecule has 2 fully saturated rings. The molecule has 2 aromatic rings. The van der Waals surface area contributed by atoms with E-state index in [9.17, 15) is 19.1 Å². The van der Waals surface area contributed by atoms with Gasteiger partial charge in [0.1, 0.15) is 6.04 Å². The Labute approximate surface area is 230 Å². The molecule has 40 heavy (non-hydrogen) atoms. The van der Waals surface area contributed by atoms with Crippen molar-refractivity contribution in [3.8, 4) is 0 Å². The summed E-state index contributed by atoms with van der Waals surface area (Å²) in [6.45, 7) is 3.40. The Kier molecular flexibility index (Phi) is 7.86. The molecular formula is C29H32F2N4O5. The summed E-state index contributed by atoms with van der Waals surface area (Å²) < 4.78 is 40.7. The van der Waals surface area contributed by atoms with Gasteiger partial charge in [-0.1, -0.05) is 56.3 Å². The Morgan fingerprint density at radius 1 is 1.18 bits per heavy atom. The molecule has 1 amide bonds. The second kappa shape index (κ2) is 11.3. The van der Waals surface area contributed by atoms with Crippen molar-refractivity contribution in [2.45, 2.75) is 56.8 Å². The number of carbonyl (C=O) groups is 2. The maximum absolute atomic E-state index is 15.4. The number of nitrogens with zero attached hydrogens (tertiary/aromatic N) is 3. The van der Waals surface area contributed by atoms with Crippen molar-refractivity contribution >= 4 is 18.1 Å². The molecule has 0 aromatic heterocycles. The fraction of sp³-hybridized carbons (Fsp3) is 0.414. The molecule has 0 bridgehead atoms. The average molecular weight is 555 g/mol. The van der Waals surface area contributed by atoms with E-state index in [1.165, 1.54) is 23.4 Å². The Morgan fingerprint density at radius 3 is 2.65 bits per heavy atom. The summed E-state index contributed by atoms with van der Waals surface area (Å²) in [4.78, 5) is 27.7. The van der Waals surface area contributed by atoms with Gasteiger partial charge in [-0.2, -0.15) is 5.10 Å². The van der Waals surface area contributed by atoms with Crippen LogP contribution in [0.1, 0.15) is 43.7 Å². The summed E-state index contributed by atoms with van der Waals surface area (Å²) in [5.74, 6) is -4.10. The Morgan fingerprint density at radius 2 is 1.93 bits per heavy atom. The van der Waals surface area contributed by atoms with Gasteiger partial charge in [-0.3, -0.25) is 14.6 Å². The van der Waals surface area contributed by atoms with E-state index in [-0.39, 0.29) is 29.0 Å². The lowest BCUT2D eigenvalue weighted by Gasteiger charge is -2.48. The van der Waals surface area contributed by atoms with E-state index in [0.717, 1.165) is 6.07 Å². The second-order valence-electron chi connectivity index (χ2n) is 10.5. The fourth-order valence-corrected chi connectivity index (χ4v) is 5.66. The number of aliphatic hydroxyl groups is 1. The number of ether oxygens (including phenoxy) is 2. The van der Waals surface area contributed by atoms with Crippen LogP contribution in [0.4, 0.5) is 8.78 Å². The summed E-state index contributed by atoms with van der Waals surface area (Å²) in [7, 11) is 0. The number of hydrogen-bond acceptors (Lipinski definition) is 8. The number of rotatable bonds is 8. The smallest absolute Gasteiger partial charge is 0.326 e. The molecule has 0 aliphatic carbocycles. The number of hydrazone groups is 1. The highest BCUT2D eigenvalue weighted by atomic mass is 19.2. The minimum Gasteiger partial charge on any atom is -0.456 e. The molecule has 3 aliphatic rings. The predicted octanol–water partition coefficient (Wildman–Crippen LogP) is 2.84. The van der Waals surface area contributed by atoms with Crippen LogP contribution in [-0.4, -0.2) is 70.7 Å². The molecule has 9 nitrogen and oxygen atoms in total. The molecular weight excluding hydrogens is 522 g/mol. The van der Waals surface area contributed by atoms with Crippen LogP contribution in [0.15, 0.2) is 65.1 Å². The predicted molar refractivity (Wildman–Crippen MR) is 141 cm³/mol. The van der Waals surface area contributed by atoms with Crippen molar-refractivity contribution in [3.63, 3.8) is 0 Å². The third-order valence-electron chi connectivity index (χ3n) is 7.73. The Balaban J connectivity index is 1.58. The standard InChI is InChI=1S/C29H32F2N4O5/c1-16(2)24(32)29(38)40-15-39-27-21(36)14-33-35-25(20-12-7-13-34(20)28(37)26(27)35)22(17-8-4-3-5-9-17)18-10-6-11-19(30)23(18)31/h3-6,8-11,14,16,20-22,24-25,36H,7,12-13,15,32H2,1-2H3/t20-,21?,22-,24+,25-/m1/s1. The van der Waals surface area contributed by atoms with Gasteiger partial charge in [0.15, 0.2) is 29.2 Å².